The Morgan fingerprint density at radius 2 is 1.96 bits per heavy atom. The Balaban J connectivity index is 2.14. The molecule has 1 unspecified atom stereocenters. The second-order valence-electron chi connectivity index (χ2n) is 6.62. The van der Waals surface area contributed by atoms with Crippen molar-refractivity contribution in [3.63, 3.8) is 0 Å². The summed E-state index contributed by atoms with van der Waals surface area (Å²) in [6.07, 6.45) is 0.986. The molecule has 1 atom stereocenters. The summed E-state index contributed by atoms with van der Waals surface area (Å²) in [5.41, 5.74) is -0.151. The molecule has 26 heavy (non-hydrogen) atoms. The molecular formula is C19H26N2O5. The molecule has 2 amide bonds. The first-order chi connectivity index (χ1) is 12.4. The summed E-state index contributed by atoms with van der Waals surface area (Å²) < 4.78 is 5.30. The minimum atomic E-state index is -0.952. The highest BCUT2D eigenvalue weighted by molar-refractivity contribution is 6.01. The first-order valence-electron chi connectivity index (χ1n) is 8.83. The van der Waals surface area contributed by atoms with Crippen molar-refractivity contribution in [1.82, 2.24) is 5.32 Å². The Labute approximate surface area is 153 Å². The molecule has 1 fully saturated rings. The summed E-state index contributed by atoms with van der Waals surface area (Å²) in [6, 6.07) is 7.17. The maximum atomic E-state index is 12.7. The SMILES string of the molecule is CCC(CC)(CC(=O)O)NC(=O)C1CC(=O)N(c2ccccc2OC)C1. The zero-order chi connectivity index (χ0) is 19.3. The summed E-state index contributed by atoms with van der Waals surface area (Å²) in [5.74, 6) is -1.32. The van der Waals surface area contributed by atoms with Crippen molar-refractivity contribution < 1.29 is 24.2 Å². The largest absolute Gasteiger partial charge is 0.495 e. The number of para-hydroxylation sites is 2. The van der Waals surface area contributed by atoms with Crippen molar-refractivity contribution in [2.24, 2.45) is 5.92 Å². The zero-order valence-electron chi connectivity index (χ0n) is 15.4. The third-order valence-corrected chi connectivity index (χ3v) is 5.10. The molecule has 1 aromatic carbocycles. The average Bonchev–Trinajstić information content (AvgIpc) is 3.02. The number of ether oxygens (including phenoxy) is 1. The second kappa shape index (κ2) is 8.21. The molecule has 0 spiro atoms. The maximum absolute atomic E-state index is 12.7. The van der Waals surface area contributed by atoms with E-state index in [1.54, 1.807) is 17.0 Å². The molecule has 1 saturated heterocycles. The number of carbonyl (C=O) groups is 3. The van der Waals surface area contributed by atoms with Gasteiger partial charge in [-0.1, -0.05) is 26.0 Å². The van der Waals surface area contributed by atoms with Crippen LogP contribution >= 0.6 is 0 Å². The highest BCUT2D eigenvalue weighted by atomic mass is 16.5. The molecule has 142 valence electrons. The van der Waals surface area contributed by atoms with Crippen LogP contribution in [0.15, 0.2) is 24.3 Å². The van der Waals surface area contributed by atoms with E-state index >= 15 is 0 Å². The van der Waals surface area contributed by atoms with Crippen LogP contribution in [0.5, 0.6) is 5.75 Å². The number of amides is 2. The molecule has 1 aliphatic heterocycles. The van der Waals surface area contributed by atoms with Gasteiger partial charge in [0.05, 0.1) is 25.1 Å². The first kappa shape index (κ1) is 19.8. The third-order valence-electron chi connectivity index (χ3n) is 5.10. The number of rotatable bonds is 8. The summed E-state index contributed by atoms with van der Waals surface area (Å²) in [4.78, 5) is 37.9. The molecular weight excluding hydrogens is 336 g/mol. The number of aliphatic carboxylic acids is 1. The van der Waals surface area contributed by atoms with Crippen LogP contribution in [0.3, 0.4) is 0 Å². The average molecular weight is 362 g/mol. The number of nitrogens with zero attached hydrogens (tertiary/aromatic N) is 1. The van der Waals surface area contributed by atoms with Gasteiger partial charge in [0.25, 0.3) is 0 Å². The number of anilines is 1. The number of nitrogens with one attached hydrogen (secondary N) is 1. The summed E-state index contributed by atoms with van der Waals surface area (Å²) in [6.45, 7) is 3.96. The van der Waals surface area contributed by atoms with Crippen LogP contribution in [-0.4, -0.2) is 42.1 Å². The van der Waals surface area contributed by atoms with Gasteiger partial charge >= 0.3 is 5.97 Å². The summed E-state index contributed by atoms with van der Waals surface area (Å²) >= 11 is 0. The van der Waals surface area contributed by atoms with Crippen molar-refractivity contribution in [3.05, 3.63) is 24.3 Å². The molecule has 0 aromatic heterocycles. The van der Waals surface area contributed by atoms with Gasteiger partial charge in [-0.3, -0.25) is 14.4 Å². The van der Waals surface area contributed by atoms with Gasteiger partial charge in [0.2, 0.25) is 11.8 Å². The third kappa shape index (κ3) is 4.15. The minimum absolute atomic E-state index is 0.0977. The van der Waals surface area contributed by atoms with Crippen molar-refractivity contribution in [2.45, 2.75) is 45.1 Å². The van der Waals surface area contributed by atoms with Crippen LogP contribution in [-0.2, 0) is 14.4 Å². The number of carbonyl (C=O) groups excluding carboxylic acids is 2. The van der Waals surface area contributed by atoms with E-state index in [-0.39, 0.29) is 31.2 Å². The Kier molecular flexibility index (Phi) is 6.23. The van der Waals surface area contributed by atoms with E-state index in [0.29, 0.717) is 24.3 Å². The number of carboxylic acid groups (broad SMARTS) is 1. The highest BCUT2D eigenvalue weighted by Gasteiger charge is 2.39. The van der Waals surface area contributed by atoms with Crippen LogP contribution in [0.25, 0.3) is 0 Å². The van der Waals surface area contributed by atoms with Gasteiger partial charge in [-0.25, -0.2) is 0 Å². The van der Waals surface area contributed by atoms with Crippen LogP contribution in [0, 0.1) is 5.92 Å². The smallest absolute Gasteiger partial charge is 0.305 e. The molecule has 2 N–H and O–H groups in total. The van der Waals surface area contributed by atoms with E-state index in [1.165, 1.54) is 7.11 Å². The Morgan fingerprint density at radius 3 is 2.54 bits per heavy atom. The van der Waals surface area contributed by atoms with E-state index in [9.17, 15) is 14.4 Å². The fourth-order valence-corrected chi connectivity index (χ4v) is 3.34. The number of methoxy groups -OCH3 is 1. The van der Waals surface area contributed by atoms with Crippen molar-refractivity contribution in [2.75, 3.05) is 18.6 Å². The molecule has 0 bridgehead atoms. The molecule has 0 radical (unpaired) electrons. The maximum Gasteiger partial charge on any atom is 0.305 e. The van der Waals surface area contributed by atoms with Gasteiger partial charge in [-0.2, -0.15) is 0 Å². The molecule has 1 heterocycles. The topological polar surface area (TPSA) is 95.9 Å². The molecule has 7 heteroatoms. The van der Waals surface area contributed by atoms with Gasteiger partial charge < -0.3 is 20.1 Å². The Hall–Kier alpha value is -2.57. The van der Waals surface area contributed by atoms with E-state index in [2.05, 4.69) is 5.32 Å². The lowest BCUT2D eigenvalue weighted by atomic mass is 9.88. The second-order valence-corrected chi connectivity index (χ2v) is 6.62. The number of hydrogen-bond acceptors (Lipinski definition) is 4. The van der Waals surface area contributed by atoms with Gasteiger partial charge in [-0.05, 0) is 25.0 Å². The number of benzene rings is 1. The van der Waals surface area contributed by atoms with Crippen molar-refractivity contribution in [1.29, 1.82) is 0 Å². The van der Waals surface area contributed by atoms with E-state index in [1.807, 2.05) is 26.0 Å². The van der Waals surface area contributed by atoms with E-state index < -0.39 is 17.4 Å². The zero-order valence-corrected chi connectivity index (χ0v) is 15.4. The van der Waals surface area contributed by atoms with Crippen LogP contribution in [0.4, 0.5) is 5.69 Å². The molecule has 1 aromatic rings. The molecule has 0 saturated carbocycles. The van der Waals surface area contributed by atoms with Crippen LogP contribution < -0.4 is 15.0 Å². The highest BCUT2D eigenvalue weighted by Crippen LogP contribution is 2.33. The summed E-state index contributed by atoms with van der Waals surface area (Å²) in [7, 11) is 1.53. The standard InChI is InChI=1S/C19H26N2O5/c1-4-19(5-2,11-17(23)24)20-18(25)13-10-16(22)21(12-13)14-8-6-7-9-15(14)26-3/h6-9,13H,4-5,10-12H2,1-3H3,(H,20,25)(H,23,24). The number of hydrogen-bond donors (Lipinski definition) is 2. The minimum Gasteiger partial charge on any atom is -0.495 e. The van der Waals surface area contributed by atoms with E-state index in [4.69, 9.17) is 9.84 Å². The molecule has 7 nitrogen and oxygen atoms in total. The van der Waals surface area contributed by atoms with Gasteiger partial charge in [0.15, 0.2) is 0 Å². The predicted molar refractivity (Wildman–Crippen MR) is 97.2 cm³/mol. The van der Waals surface area contributed by atoms with Crippen LogP contribution in [0.1, 0.15) is 39.5 Å². The summed E-state index contributed by atoms with van der Waals surface area (Å²) in [5, 5.41) is 12.0. The monoisotopic (exact) mass is 362 g/mol. The van der Waals surface area contributed by atoms with E-state index in [0.717, 1.165) is 0 Å². The quantitative estimate of drug-likeness (QED) is 0.739. The van der Waals surface area contributed by atoms with Crippen molar-refractivity contribution >= 4 is 23.5 Å². The first-order valence-corrected chi connectivity index (χ1v) is 8.83. The molecule has 1 aliphatic rings. The Morgan fingerprint density at radius 1 is 1.31 bits per heavy atom. The lowest BCUT2D eigenvalue weighted by Crippen LogP contribution is -2.51. The number of carboxylic acids is 1. The van der Waals surface area contributed by atoms with Gasteiger partial charge in [0, 0.05) is 18.5 Å². The molecule has 0 aliphatic carbocycles. The van der Waals surface area contributed by atoms with Gasteiger partial charge in [-0.15, -0.1) is 0 Å². The lowest BCUT2D eigenvalue weighted by Gasteiger charge is -2.32. The van der Waals surface area contributed by atoms with Crippen molar-refractivity contribution in [3.8, 4) is 5.75 Å². The fraction of sp³-hybridized carbons (Fsp3) is 0.526. The fourth-order valence-electron chi connectivity index (χ4n) is 3.34. The predicted octanol–water partition coefficient (Wildman–Crippen LogP) is 2.20. The normalized spacial score (nSPS) is 17.3. The van der Waals surface area contributed by atoms with Crippen LogP contribution in [0.2, 0.25) is 0 Å². The van der Waals surface area contributed by atoms with Gasteiger partial charge in [0.1, 0.15) is 5.75 Å². The lowest BCUT2D eigenvalue weighted by molar-refractivity contribution is -0.139. The Bertz CT molecular complexity index is 684. The molecule has 2 rings (SSSR count).